The van der Waals surface area contributed by atoms with E-state index in [9.17, 15) is 0 Å². The van der Waals surface area contributed by atoms with Crippen LogP contribution in [-0.2, 0) is 4.74 Å². The van der Waals surface area contributed by atoms with E-state index in [-0.39, 0.29) is 12.4 Å². The molecule has 0 amide bonds. The first kappa shape index (κ1) is 14.2. The predicted molar refractivity (Wildman–Crippen MR) is 74.2 cm³/mol. The molecule has 1 aliphatic rings. The van der Waals surface area contributed by atoms with Gasteiger partial charge in [-0.1, -0.05) is 42.0 Å². The molecule has 2 rings (SSSR count). The SMILES string of the molecule is COCC/C(=C\c1ccccc1)[C@@H]1C[C@H]1N.Cl. The van der Waals surface area contributed by atoms with Crippen LogP contribution in [0.1, 0.15) is 18.4 Å². The summed E-state index contributed by atoms with van der Waals surface area (Å²) < 4.78 is 5.14. The summed E-state index contributed by atoms with van der Waals surface area (Å²) in [5.41, 5.74) is 8.60. The fourth-order valence-electron chi connectivity index (χ4n) is 1.99. The molecule has 0 bridgehead atoms. The molecule has 2 nitrogen and oxygen atoms in total. The Morgan fingerprint density at radius 3 is 2.59 bits per heavy atom. The Kier molecular flexibility index (Phi) is 5.69. The smallest absolute Gasteiger partial charge is 0.0499 e. The molecule has 2 atom stereocenters. The zero-order chi connectivity index (χ0) is 11.4. The third-order valence-corrected chi connectivity index (χ3v) is 3.06. The number of hydrogen-bond acceptors (Lipinski definition) is 2. The molecule has 0 radical (unpaired) electrons. The summed E-state index contributed by atoms with van der Waals surface area (Å²) in [7, 11) is 1.74. The first-order chi connectivity index (χ1) is 7.81. The fourth-order valence-corrected chi connectivity index (χ4v) is 1.99. The molecule has 1 saturated carbocycles. The Hall–Kier alpha value is -0.830. The molecule has 1 fully saturated rings. The molecule has 2 N–H and O–H groups in total. The normalized spacial score (nSPS) is 23.1. The lowest BCUT2D eigenvalue weighted by atomic mass is 10.0. The molecule has 0 heterocycles. The maximum Gasteiger partial charge on any atom is 0.0499 e. The summed E-state index contributed by atoms with van der Waals surface area (Å²) in [6.07, 6.45) is 4.38. The van der Waals surface area contributed by atoms with Gasteiger partial charge in [-0.15, -0.1) is 12.4 Å². The summed E-state index contributed by atoms with van der Waals surface area (Å²) >= 11 is 0. The minimum atomic E-state index is 0. The van der Waals surface area contributed by atoms with E-state index < -0.39 is 0 Å². The number of ether oxygens (including phenoxy) is 1. The summed E-state index contributed by atoms with van der Waals surface area (Å²) in [6.45, 7) is 0.780. The third kappa shape index (κ3) is 4.15. The van der Waals surface area contributed by atoms with Crippen LogP contribution in [0.5, 0.6) is 0 Å². The van der Waals surface area contributed by atoms with Crippen molar-refractivity contribution in [2.75, 3.05) is 13.7 Å². The lowest BCUT2D eigenvalue weighted by Gasteiger charge is -2.06. The monoisotopic (exact) mass is 253 g/mol. The van der Waals surface area contributed by atoms with Crippen molar-refractivity contribution in [3.63, 3.8) is 0 Å². The third-order valence-electron chi connectivity index (χ3n) is 3.06. The summed E-state index contributed by atoms with van der Waals surface area (Å²) in [6, 6.07) is 10.8. The van der Waals surface area contributed by atoms with Crippen LogP contribution in [0.2, 0.25) is 0 Å². The van der Waals surface area contributed by atoms with Crippen molar-refractivity contribution in [2.45, 2.75) is 18.9 Å². The van der Waals surface area contributed by atoms with E-state index in [0.29, 0.717) is 12.0 Å². The number of halogens is 1. The van der Waals surface area contributed by atoms with E-state index in [0.717, 1.165) is 19.4 Å². The minimum absolute atomic E-state index is 0. The van der Waals surface area contributed by atoms with Gasteiger partial charge in [0.15, 0.2) is 0 Å². The average Bonchev–Trinajstić information content (AvgIpc) is 3.03. The van der Waals surface area contributed by atoms with Gasteiger partial charge in [0.05, 0.1) is 0 Å². The van der Waals surface area contributed by atoms with Gasteiger partial charge in [0.2, 0.25) is 0 Å². The standard InChI is InChI=1S/C14H19NO.ClH/c1-16-8-7-12(13-10-14(13)15)9-11-5-3-2-4-6-11;/h2-6,9,13-14H,7-8,10,15H2,1H3;1H/b12-9+;/t13-,14+;/m0./s1. The lowest BCUT2D eigenvalue weighted by Crippen LogP contribution is -2.05. The number of rotatable bonds is 5. The molecule has 0 aromatic heterocycles. The van der Waals surface area contributed by atoms with Crippen LogP contribution in [0, 0.1) is 5.92 Å². The maximum absolute atomic E-state index is 5.91. The Bertz CT molecular complexity index is 364. The highest BCUT2D eigenvalue weighted by atomic mass is 35.5. The second kappa shape index (κ2) is 6.80. The van der Waals surface area contributed by atoms with E-state index in [1.54, 1.807) is 7.11 Å². The maximum atomic E-state index is 5.91. The first-order valence-corrected chi connectivity index (χ1v) is 5.81. The Morgan fingerprint density at radius 1 is 1.41 bits per heavy atom. The lowest BCUT2D eigenvalue weighted by molar-refractivity contribution is 0.201. The molecule has 0 saturated heterocycles. The van der Waals surface area contributed by atoms with Crippen LogP contribution in [0.15, 0.2) is 35.9 Å². The number of nitrogens with two attached hydrogens (primary N) is 1. The quantitative estimate of drug-likeness (QED) is 0.876. The van der Waals surface area contributed by atoms with Crippen molar-refractivity contribution in [1.29, 1.82) is 0 Å². The van der Waals surface area contributed by atoms with E-state index in [2.05, 4.69) is 30.3 Å². The van der Waals surface area contributed by atoms with E-state index in [4.69, 9.17) is 10.5 Å². The molecule has 3 heteroatoms. The van der Waals surface area contributed by atoms with Gasteiger partial charge in [0, 0.05) is 19.8 Å². The molecule has 1 aromatic carbocycles. The van der Waals surface area contributed by atoms with Crippen molar-refractivity contribution in [3.8, 4) is 0 Å². The van der Waals surface area contributed by atoms with Crippen LogP contribution < -0.4 is 5.73 Å². The molecular formula is C14H20ClNO. The van der Waals surface area contributed by atoms with Crippen LogP contribution in [-0.4, -0.2) is 19.8 Å². The van der Waals surface area contributed by atoms with Gasteiger partial charge >= 0.3 is 0 Å². The van der Waals surface area contributed by atoms with Gasteiger partial charge in [-0.25, -0.2) is 0 Å². The number of methoxy groups -OCH3 is 1. The molecule has 94 valence electrons. The van der Waals surface area contributed by atoms with Crippen molar-refractivity contribution < 1.29 is 4.74 Å². The fraction of sp³-hybridized carbons (Fsp3) is 0.429. The Labute approximate surface area is 109 Å². The van der Waals surface area contributed by atoms with Gasteiger partial charge in [-0.2, -0.15) is 0 Å². The van der Waals surface area contributed by atoms with Gasteiger partial charge in [0.25, 0.3) is 0 Å². The first-order valence-electron chi connectivity index (χ1n) is 5.81. The summed E-state index contributed by atoms with van der Waals surface area (Å²) in [5, 5.41) is 0. The van der Waals surface area contributed by atoms with Crippen molar-refractivity contribution in [1.82, 2.24) is 0 Å². The van der Waals surface area contributed by atoms with Crippen molar-refractivity contribution in [2.24, 2.45) is 11.7 Å². The molecule has 0 aliphatic heterocycles. The zero-order valence-electron chi connectivity index (χ0n) is 10.1. The summed E-state index contributed by atoms with van der Waals surface area (Å²) in [5.74, 6) is 0.579. The molecule has 17 heavy (non-hydrogen) atoms. The van der Waals surface area contributed by atoms with Crippen LogP contribution >= 0.6 is 12.4 Å². The second-order valence-electron chi connectivity index (χ2n) is 4.38. The van der Waals surface area contributed by atoms with Crippen molar-refractivity contribution >= 4 is 18.5 Å². The highest BCUT2D eigenvalue weighted by Crippen LogP contribution is 2.38. The number of hydrogen-bond donors (Lipinski definition) is 1. The van der Waals surface area contributed by atoms with E-state index in [1.165, 1.54) is 11.1 Å². The van der Waals surface area contributed by atoms with E-state index >= 15 is 0 Å². The van der Waals surface area contributed by atoms with E-state index in [1.807, 2.05) is 6.07 Å². The highest BCUT2D eigenvalue weighted by molar-refractivity contribution is 5.85. The minimum Gasteiger partial charge on any atom is -0.384 e. The largest absolute Gasteiger partial charge is 0.384 e. The van der Waals surface area contributed by atoms with Crippen molar-refractivity contribution in [3.05, 3.63) is 41.5 Å². The predicted octanol–water partition coefficient (Wildman–Crippen LogP) is 2.88. The van der Waals surface area contributed by atoms with Gasteiger partial charge in [-0.3, -0.25) is 0 Å². The molecule has 1 aromatic rings. The molecule has 0 spiro atoms. The Morgan fingerprint density at radius 2 is 2.06 bits per heavy atom. The highest BCUT2D eigenvalue weighted by Gasteiger charge is 2.35. The van der Waals surface area contributed by atoms with Gasteiger partial charge in [-0.05, 0) is 24.3 Å². The molecule has 1 aliphatic carbocycles. The van der Waals surface area contributed by atoms with Crippen LogP contribution in [0.3, 0.4) is 0 Å². The average molecular weight is 254 g/mol. The number of benzene rings is 1. The van der Waals surface area contributed by atoms with Crippen LogP contribution in [0.25, 0.3) is 6.08 Å². The topological polar surface area (TPSA) is 35.2 Å². The zero-order valence-corrected chi connectivity index (χ0v) is 11.0. The van der Waals surface area contributed by atoms with Crippen LogP contribution in [0.4, 0.5) is 0 Å². The second-order valence-corrected chi connectivity index (χ2v) is 4.38. The molecule has 0 unspecified atom stereocenters. The van der Waals surface area contributed by atoms with Gasteiger partial charge in [0.1, 0.15) is 0 Å². The molecular weight excluding hydrogens is 234 g/mol. The summed E-state index contributed by atoms with van der Waals surface area (Å²) in [4.78, 5) is 0. The van der Waals surface area contributed by atoms with Gasteiger partial charge < -0.3 is 10.5 Å². The Balaban J connectivity index is 0.00000144.